The number of amides is 5. The predicted octanol–water partition coefficient (Wildman–Crippen LogP) is 1.42. The van der Waals surface area contributed by atoms with Crippen molar-refractivity contribution in [2.24, 2.45) is 40.2 Å². The summed E-state index contributed by atoms with van der Waals surface area (Å²) < 4.78 is 5.12. The molecule has 236 valence electrons. The highest BCUT2D eigenvalue weighted by molar-refractivity contribution is 6.37. The van der Waals surface area contributed by atoms with Gasteiger partial charge in [-0.3, -0.25) is 24.0 Å². The van der Waals surface area contributed by atoms with Crippen LogP contribution in [0, 0.1) is 34.5 Å². The van der Waals surface area contributed by atoms with Gasteiger partial charge in [0.05, 0.1) is 12.2 Å². The van der Waals surface area contributed by atoms with Crippen LogP contribution in [0.15, 0.2) is 16.9 Å². The Morgan fingerprint density at radius 3 is 2.26 bits per heavy atom. The number of hydrogen-bond acceptors (Lipinski definition) is 8. The monoisotopic (exact) mass is 600 g/mol. The number of carbonyl (C=O) groups is 6. The molecule has 2 heterocycles. The molecule has 1 unspecified atom stereocenters. The van der Waals surface area contributed by atoms with E-state index in [1.54, 1.807) is 34.6 Å². The summed E-state index contributed by atoms with van der Waals surface area (Å²) in [5.74, 6) is -3.74. The average molecular weight is 601 g/mol. The summed E-state index contributed by atoms with van der Waals surface area (Å²) in [5, 5.41) is 8.14. The van der Waals surface area contributed by atoms with Crippen LogP contribution in [0.5, 0.6) is 0 Å². The number of carbonyl (C=O) groups excluding carboxylic acids is 6. The number of likely N-dealkylation sites (tertiary alicyclic amines) is 1. The Balaban J connectivity index is 1.53. The van der Waals surface area contributed by atoms with Crippen LogP contribution >= 0.6 is 0 Å². The van der Waals surface area contributed by atoms with Crippen LogP contribution < -0.4 is 21.7 Å². The normalized spacial score (nSPS) is 24.4. The van der Waals surface area contributed by atoms with Gasteiger partial charge in [0, 0.05) is 6.54 Å². The predicted molar refractivity (Wildman–Crippen MR) is 154 cm³/mol. The molecule has 2 saturated carbocycles. The van der Waals surface area contributed by atoms with Gasteiger partial charge < -0.3 is 31.0 Å². The van der Waals surface area contributed by atoms with Crippen LogP contribution in [-0.2, 0) is 19.2 Å². The van der Waals surface area contributed by atoms with Crippen molar-refractivity contribution in [1.29, 1.82) is 0 Å². The number of fused-ring (bicyclic) bond motifs is 1. The van der Waals surface area contributed by atoms with E-state index in [4.69, 9.17) is 10.2 Å². The number of hydrogen-bond donors (Lipinski definition) is 4. The minimum atomic E-state index is -1.11. The van der Waals surface area contributed by atoms with Crippen molar-refractivity contribution in [2.45, 2.75) is 91.9 Å². The highest BCUT2D eigenvalue weighted by Crippen LogP contribution is 2.65. The molecule has 3 fully saturated rings. The van der Waals surface area contributed by atoms with Gasteiger partial charge in [0.1, 0.15) is 24.4 Å². The van der Waals surface area contributed by atoms with E-state index in [-0.39, 0.29) is 35.0 Å². The van der Waals surface area contributed by atoms with Crippen molar-refractivity contribution in [3.63, 3.8) is 0 Å². The van der Waals surface area contributed by atoms with E-state index in [0.29, 0.717) is 13.0 Å². The van der Waals surface area contributed by atoms with E-state index < -0.39 is 64.9 Å². The summed E-state index contributed by atoms with van der Waals surface area (Å²) >= 11 is 0. The fourth-order valence-corrected chi connectivity index (χ4v) is 6.30. The summed E-state index contributed by atoms with van der Waals surface area (Å²) in [6, 6.07) is -4.68. The Bertz CT molecular complexity index is 1280. The number of ketones is 2. The zero-order chi connectivity index (χ0) is 32.0. The molecule has 1 saturated heterocycles. The molecule has 0 spiro atoms. The molecule has 0 aromatic carbocycles. The molecule has 5 amide bonds. The molecular formula is C30H44N6O7. The number of nitrogens with two attached hydrogens (primary N) is 1. The Hall–Kier alpha value is -3.77. The van der Waals surface area contributed by atoms with E-state index in [9.17, 15) is 28.8 Å². The first-order chi connectivity index (χ1) is 19.9. The minimum absolute atomic E-state index is 0.0547. The van der Waals surface area contributed by atoms with Crippen molar-refractivity contribution in [3.8, 4) is 0 Å². The SMILES string of the molecule is CC(C)[C@H](NC(=O)N[C@H](C(=O)N1C[C@H]2[C@@H]([C@H]1C(=O)NC(CC1CC1)C(=O)C(N)=O)C2(C)C)C(C)(C)C)C(=O)c1ncco1. The maximum Gasteiger partial charge on any atom is 0.316 e. The Kier molecular flexibility index (Phi) is 8.77. The quantitative estimate of drug-likeness (QED) is 0.204. The zero-order valence-corrected chi connectivity index (χ0v) is 25.9. The van der Waals surface area contributed by atoms with Gasteiger partial charge in [-0.15, -0.1) is 0 Å². The topological polar surface area (TPSA) is 194 Å². The number of urea groups is 1. The fraction of sp³-hybridized carbons (Fsp3) is 0.700. The third-order valence-electron chi connectivity index (χ3n) is 9.17. The molecular weight excluding hydrogens is 556 g/mol. The second-order valence-corrected chi connectivity index (χ2v) is 14.2. The number of oxazole rings is 1. The van der Waals surface area contributed by atoms with Crippen LogP contribution in [0.3, 0.4) is 0 Å². The van der Waals surface area contributed by atoms with Crippen LogP contribution in [0.25, 0.3) is 0 Å². The van der Waals surface area contributed by atoms with Crippen LogP contribution in [0.4, 0.5) is 4.79 Å². The van der Waals surface area contributed by atoms with Gasteiger partial charge in [0.15, 0.2) is 0 Å². The molecule has 1 aromatic rings. The molecule has 43 heavy (non-hydrogen) atoms. The maximum atomic E-state index is 14.1. The molecule has 6 atom stereocenters. The Labute approximate surface area is 251 Å². The number of nitrogens with zero attached hydrogens (tertiary/aromatic N) is 2. The van der Waals surface area contributed by atoms with Crippen molar-refractivity contribution in [2.75, 3.05) is 6.54 Å². The minimum Gasteiger partial charge on any atom is -0.442 e. The standard InChI is InChI=1S/C30H44N6O7/c1-14(2)19(22(38)26-32-10-11-43-26)34-28(42)35-23(29(3,4)5)27(41)36-13-16-18(30(16,6)7)20(36)25(40)33-17(12-15-8-9-15)21(37)24(31)39/h10-11,14-20,23H,8-9,12-13H2,1-7H3,(H2,31,39)(H,33,40)(H2,34,35,42)/t16-,17?,18-,19-,20-,23+/m0/s1. The van der Waals surface area contributed by atoms with E-state index in [1.807, 2.05) is 13.8 Å². The molecule has 1 aliphatic heterocycles. The van der Waals surface area contributed by atoms with E-state index in [1.165, 1.54) is 17.4 Å². The maximum absolute atomic E-state index is 14.1. The van der Waals surface area contributed by atoms with E-state index >= 15 is 0 Å². The van der Waals surface area contributed by atoms with Crippen molar-refractivity contribution in [1.82, 2.24) is 25.8 Å². The Morgan fingerprint density at radius 2 is 1.74 bits per heavy atom. The Morgan fingerprint density at radius 1 is 1.09 bits per heavy atom. The smallest absolute Gasteiger partial charge is 0.316 e. The number of Topliss-reactive ketones (excluding diaryl/α,β-unsaturated/α-hetero) is 2. The largest absolute Gasteiger partial charge is 0.442 e. The van der Waals surface area contributed by atoms with Crippen molar-refractivity contribution in [3.05, 3.63) is 18.4 Å². The average Bonchev–Trinajstić information content (AvgIpc) is 3.60. The number of nitrogens with one attached hydrogen (secondary N) is 3. The number of primary amides is 1. The first kappa shape index (κ1) is 32.2. The summed E-state index contributed by atoms with van der Waals surface area (Å²) in [4.78, 5) is 83.7. The number of piperidine rings is 1. The van der Waals surface area contributed by atoms with Gasteiger partial charge >= 0.3 is 6.03 Å². The highest BCUT2D eigenvalue weighted by Gasteiger charge is 2.70. The lowest BCUT2D eigenvalue weighted by Crippen LogP contribution is -2.62. The van der Waals surface area contributed by atoms with Crippen molar-refractivity contribution >= 4 is 35.3 Å². The van der Waals surface area contributed by atoms with Gasteiger partial charge in [-0.25, -0.2) is 9.78 Å². The second kappa shape index (κ2) is 11.7. The molecule has 13 nitrogen and oxygen atoms in total. The molecule has 1 aromatic heterocycles. The summed E-state index contributed by atoms with van der Waals surface area (Å²) in [5.41, 5.74) is 4.30. The van der Waals surface area contributed by atoms with Gasteiger partial charge in [0.25, 0.3) is 11.8 Å². The first-order valence-electron chi connectivity index (χ1n) is 14.9. The third kappa shape index (κ3) is 6.75. The lowest BCUT2D eigenvalue weighted by molar-refractivity contribution is -0.145. The van der Waals surface area contributed by atoms with E-state index in [0.717, 1.165) is 12.8 Å². The summed E-state index contributed by atoms with van der Waals surface area (Å²) in [6.07, 6.45) is 4.75. The van der Waals surface area contributed by atoms with Gasteiger partial charge in [-0.1, -0.05) is 61.3 Å². The molecule has 4 rings (SSSR count). The molecule has 3 aliphatic rings. The van der Waals surface area contributed by atoms with E-state index in [2.05, 4.69) is 20.9 Å². The molecule has 2 aliphatic carbocycles. The summed E-state index contributed by atoms with van der Waals surface area (Å²) in [7, 11) is 0. The van der Waals surface area contributed by atoms with Crippen LogP contribution in [0.1, 0.15) is 78.4 Å². The van der Waals surface area contributed by atoms with Gasteiger partial charge in [0.2, 0.25) is 23.4 Å². The zero-order valence-electron chi connectivity index (χ0n) is 25.9. The molecule has 13 heteroatoms. The number of rotatable bonds is 12. The first-order valence-corrected chi connectivity index (χ1v) is 14.9. The third-order valence-corrected chi connectivity index (χ3v) is 9.17. The lowest BCUT2D eigenvalue weighted by Gasteiger charge is -2.38. The summed E-state index contributed by atoms with van der Waals surface area (Å²) in [6.45, 7) is 13.3. The van der Waals surface area contributed by atoms with Crippen molar-refractivity contribution < 1.29 is 33.2 Å². The van der Waals surface area contributed by atoms with Crippen LogP contribution in [0.2, 0.25) is 0 Å². The van der Waals surface area contributed by atoms with Gasteiger partial charge in [-0.2, -0.15) is 0 Å². The second-order valence-electron chi connectivity index (χ2n) is 14.2. The lowest BCUT2D eigenvalue weighted by atomic mass is 9.85. The van der Waals surface area contributed by atoms with Gasteiger partial charge in [-0.05, 0) is 40.9 Å². The number of aromatic nitrogens is 1. The molecule has 5 N–H and O–H groups in total. The fourth-order valence-electron chi connectivity index (χ4n) is 6.30. The molecule has 0 radical (unpaired) electrons. The highest BCUT2D eigenvalue weighted by atomic mass is 16.3. The van der Waals surface area contributed by atoms with Crippen LogP contribution in [-0.4, -0.2) is 75.9 Å². The molecule has 0 bridgehead atoms.